The predicted octanol–water partition coefficient (Wildman–Crippen LogP) is 1.51. The molecule has 0 amide bonds. The van der Waals surface area contributed by atoms with Crippen LogP contribution >= 0.6 is 0 Å². The summed E-state index contributed by atoms with van der Waals surface area (Å²) in [5, 5.41) is 7.85. The Morgan fingerprint density at radius 2 is 2.00 bits per heavy atom. The van der Waals surface area contributed by atoms with Crippen molar-refractivity contribution in [3.8, 4) is 11.5 Å². The predicted molar refractivity (Wildman–Crippen MR) is 60.6 cm³/mol. The molecule has 0 saturated carbocycles. The van der Waals surface area contributed by atoms with E-state index in [-0.39, 0.29) is 11.5 Å². The van der Waals surface area contributed by atoms with Crippen molar-refractivity contribution in [3.63, 3.8) is 0 Å². The van der Waals surface area contributed by atoms with Gasteiger partial charge in [-0.3, -0.25) is 4.40 Å². The first-order valence-corrected chi connectivity index (χ1v) is 4.98. The maximum atomic E-state index is 13.7. The highest BCUT2D eigenvalue weighted by atomic mass is 19.1. The number of nitrogens with two attached hydrogens (primary N) is 1. The van der Waals surface area contributed by atoms with Gasteiger partial charge in [0.25, 0.3) is 0 Å². The molecule has 0 spiro atoms. The largest absolute Gasteiger partial charge is 0.384 e. The van der Waals surface area contributed by atoms with Gasteiger partial charge < -0.3 is 5.73 Å². The van der Waals surface area contributed by atoms with Crippen LogP contribution in [-0.2, 0) is 0 Å². The number of nitrogens with zero attached hydrogens (tertiary/aromatic N) is 4. The Labute approximate surface area is 95.7 Å². The maximum Gasteiger partial charge on any atom is 0.190 e. The molecular weight excluding hydrogens is 221 g/mol. The summed E-state index contributed by atoms with van der Waals surface area (Å²) in [6, 6.07) is 8.09. The Hall–Kier alpha value is -2.50. The van der Waals surface area contributed by atoms with E-state index >= 15 is 0 Å². The van der Waals surface area contributed by atoms with Gasteiger partial charge in [0.1, 0.15) is 11.5 Å². The lowest BCUT2D eigenvalue weighted by Gasteiger charge is -2.01. The number of anilines is 1. The highest BCUT2D eigenvalue weighted by molar-refractivity contribution is 5.57. The molecule has 6 heteroatoms. The van der Waals surface area contributed by atoms with E-state index < -0.39 is 5.82 Å². The highest BCUT2D eigenvalue weighted by Gasteiger charge is 2.13. The highest BCUT2D eigenvalue weighted by Crippen LogP contribution is 2.20. The second kappa shape index (κ2) is 3.51. The van der Waals surface area contributed by atoms with Crippen LogP contribution in [0.1, 0.15) is 0 Å². The van der Waals surface area contributed by atoms with Crippen molar-refractivity contribution < 1.29 is 4.39 Å². The zero-order valence-corrected chi connectivity index (χ0v) is 8.71. The molecule has 0 aliphatic heterocycles. The molecule has 0 aliphatic rings. The van der Waals surface area contributed by atoms with Gasteiger partial charge in [-0.05, 0) is 24.3 Å². The first-order valence-electron chi connectivity index (χ1n) is 4.98. The quantitative estimate of drug-likeness (QED) is 0.686. The van der Waals surface area contributed by atoms with E-state index in [4.69, 9.17) is 5.73 Å². The van der Waals surface area contributed by atoms with Crippen LogP contribution in [0, 0.1) is 5.82 Å². The lowest BCUT2D eigenvalue weighted by atomic mass is 10.3. The average Bonchev–Trinajstić information content (AvgIpc) is 2.76. The third-order valence-electron chi connectivity index (χ3n) is 2.39. The van der Waals surface area contributed by atoms with Gasteiger partial charge in [0.2, 0.25) is 0 Å². The average molecular weight is 229 g/mol. The minimum absolute atomic E-state index is 0.101. The number of aromatic nitrogens is 4. The minimum atomic E-state index is -0.475. The second-order valence-electron chi connectivity index (χ2n) is 3.52. The van der Waals surface area contributed by atoms with Gasteiger partial charge in [-0.15, -0.1) is 10.2 Å². The van der Waals surface area contributed by atoms with Crippen LogP contribution < -0.4 is 5.73 Å². The van der Waals surface area contributed by atoms with E-state index in [9.17, 15) is 4.39 Å². The van der Waals surface area contributed by atoms with Gasteiger partial charge in [-0.25, -0.2) is 9.37 Å². The molecule has 3 heterocycles. The molecule has 0 atom stereocenters. The van der Waals surface area contributed by atoms with Crippen molar-refractivity contribution in [2.24, 2.45) is 0 Å². The van der Waals surface area contributed by atoms with E-state index in [1.54, 1.807) is 16.7 Å². The van der Waals surface area contributed by atoms with Crippen LogP contribution in [0.5, 0.6) is 0 Å². The van der Waals surface area contributed by atoms with E-state index in [1.807, 2.05) is 12.1 Å². The van der Waals surface area contributed by atoms with Crippen molar-refractivity contribution >= 4 is 11.5 Å². The monoisotopic (exact) mass is 229 g/mol. The zero-order chi connectivity index (χ0) is 11.8. The molecule has 3 aromatic heterocycles. The molecule has 3 aromatic rings. The summed E-state index contributed by atoms with van der Waals surface area (Å²) in [6.07, 6.45) is 1.75. The fourth-order valence-electron chi connectivity index (χ4n) is 1.62. The lowest BCUT2D eigenvalue weighted by Crippen LogP contribution is -1.98. The minimum Gasteiger partial charge on any atom is -0.384 e. The van der Waals surface area contributed by atoms with E-state index in [1.165, 1.54) is 12.1 Å². The molecule has 2 N–H and O–H groups in total. The molecule has 84 valence electrons. The van der Waals surface area contributed by atoms with Crippen molar-refractivity contribution in [2.75, 3.05) is 5.73 Å². The molecule has 5 nitrogen and oxygen atoms in total. The van der Waals surface area contributed by atoms with Gasteiger partial charge in [0, 0.05) is 6.20 Å². The standard InChI is InChI=1S/C11H8FN5/c12-7-4-5-8(13)14-10(7)11-16-15-9-3-1-2-6-17(9)11/h1-6H,(H2,13,14). The maximum absolute atomic E-state index is 13.7. The normalized spacial score (nSPS) is 10.9. The van der Waals surface area contributed by atoms with Gasteiger partial charge >= 0.3 is 0 Å². The molecule has 0 saturated heterocycles. The molecule has 0 fully saturated rings. The number of rotatable bonds is 1. The second-order valence-corrected chi connectivity index (χ2v) is 3.52. The fraction of sp³-hybridized carbons (Fsp3) is 0. The van der Waals surface area contributed by atoms with Gasteiger partial charge in [-0.2, -0.15) is 0 Å². The molecule has 0 unspecified atom stereocenters. The van der Waals surface area contributed by atoms with Crippen LogP contribution in [0.15, 0.2) is 36.5 Å². The van der Waals surface area contributed by atoms with Crippen LogP contribution in [0.25, 0.3) is 17.2 Å². The lowest BCUT2D eigenvalue weighted by molar-refractivity contribution is 0.624. The van der Waals surface area contributed by atoms with Gasteiger partial charge in [-0.1, -0.05) is 6.07 Å². The third kappa shape index (κ3) is 1.50. The number of hydrogen-bond donors (Lipinski definition) is 1. The van der Waals surface area contributed by atoms with Crippen molar-refractivity contribution in [2.45, 2.75) is 0 Å². The van der Waals surface area contributed by atoms with E-state index in [2.05, 4.69) is 15.2 Å². The molecule has 0 bridgehead atoms. The summed E-state index contributed by atoms with van der Waals surface area (Å²) in [7, 11) is 0. The van der Waals surface area contributed by atoms with Crippen LogP contribution in [-0.4, -0.2) is 19.6 Å². The third-order valence-corrected chi connectivity index (χ3v) is 2.39. The Morgan fingerprint density at radius 3 is 2.88 bits per heavy atom. The van der Waals surface area contributed by atoms with Crippen LogP contribution in [0.3, 0.4) is 0 Å². The number of pyridine rings is 2. The van der Waals surface area contributed by atoms with Gasteiger partial charge in [0.05, 0.1) is 0 Å². The van der Waals surface area contributed by atoms with Crippen molar-refractivity contribution in [3.05, 3.63) is 42.3 Å². The summed E-state index contributed by atoms with van der Waals surface area (Å²) in [5.74, 6) is 0.108. The van der Waals surface area contributed by atoms with Crippen molar-refractivity contribution in [1.29, 1.82) is 0 Å². The van der Waals surface area contributed by atoms with Crippen molar-refractivity contribution in [1.82, 2.24) is 19.6 Å². The van der Waals surface area contributed by atoms with Crippen LogP contribution in [0.2, 0.25) is 0 Å². The first kappa shape index (κ1) is 9.71. The van der Waals surface area contributed by atoms with Gasteiger partial charge in [0.15, 0.2) is 17.3 Å². The molecular formula is C11H8FN5. The summed E-state index contributed by atoms with van der Waals surface area (Å²) < 4.78 is 15.3. The summed E-state index contributed by atoms with van der Waals surface area (Å²) in [4.78, 5) is 3.94. The molecule has 3 rings (SSSR count). The zero-order valence-electron chi connectivity index (χ0n) is 8.71. The number of hydrogen-bond acceptors (Lipinski definition) is 4. The Balaban J connectivity index is 2.31. The number of halogens is 1. The van der Waals surface area contributed by atoms with E-state index in [0.717, 1.165) is 0 Å². The van der Waals surface area contributed by atoms with E-state index in [0.29, 0.717) is 11.5 Å². The molecule has 17 heavy (non-hydrogen) atoms. The fourth-order valence-corrected chi connectivity index (χ4v) is 1.62. The first-order chi connectivity index (χ1) is 8.25. The summed E-state index contributed by atoms with van der Waals surface area (Å²) in [6.45, 7) is 0. The molecule has 0 radical (unpaired) electrons. The number of nitrogen functional groups attached to an aromatic ring is 1. The van der Waals surface area contributed by atoms with Crippen LogP contribution in [0.4, 0.5) is 10.2 Å². The molecule has 0 aliphatic carbocycles. The Morgan fingerprint density at radius 1 is 1.12 bits per heavy atom. The Kier molecular flexibility index (Phi) is 2.01. The smallest absolute Gasteiger partial charge is 0.190 e. The summed E-state index contributed by atoms with van der Waals surface area (Å²) in [5.41, 5.74) is 6.27. The summed E-state index contributed by atoms with van der Waals surface area (Å²) >= 11 is 0. The Bertz CT molecular complexity index is 691. The number of fused-ring (bicyclic) bond motifs is 1. The SMILES string of the molecule is Nc1ccc(F)c(-c2nnc3ccccn23)n1. The topological polar surface area (TPSA) is 69.1 Å². The molecule has 0 aromatic carbocycles.